The van der Waals surface area contributed by atoms with Gasteiger partial charge in [0.05, 0.1) is 6.04 Å². The van der Waals surface area contributed by atoms with E-state index in [2.05, 4.69) is 20.6 Å². The van der Waals surface area contributed by atoms with E-state index in [-0.39, 0.29) is 25.3 Å². The molecule has 5 rings (SSSR count). The van der Waals surface area contributed by atoms with Crippen LogP contribution in [0.15, 0.2) is 60.9 Å². The number of carboxylic acids is 1. The van der Waals surface area contributed by atoms with Crippen molar-refractivity contribution in [2.45, 2.75) is 70.1 Å². The molecule has 1 saturated heterocycles. The quantitative estimate of drug-likeness (QED) is 0.146. The monoisotopic (exact) mass is 600 g/mol. The molecule has 5 atom stereocenters. The number of nitrogens with zero attached hydrogens (tertiary/aromatic N) is 1. The first-order chi connectivity index (χ1) is 21.2. The number of likely N-dealkylation sites (tertiary alicyclic amines) is 1. The average molecular weight is 601 g/mol. The molecule has 0 spiro atoms. The van der Waals surface area contributed by atoms with E-state index in [1.165, 1.54) is 4.90 Å². The van der Waals surface area contributed by atoms with Gasteiger partial charge in [0.15, 0.2) is 0 Å². The summed E-state index contributed by atoms with van der Waals surface area (Å²) in [6.07, 6.45) is 5.50. The number of carbonyl (C=O) groups excluding carboxylic acids is 3. The van der Waals surface area contributed by atoms with Crippen molar-refractivity contribution in [1.29, 1.82) is 0 Å². The number of hydrogen-bond donors (Lipinski definition) is 6. The van der Waals surface area contributed by atoms with Crippen LogP contribution in [0.3, 0.4) is 0 Å². The summed E-state index contributed by atoms with van der Waals surface area (Å²) in [4.78, 5) is 61.0. The number of benzene rings is 2. The molecule has 7 N–H and O–H groups in total. The van der Waals surface area contributed by atoms with Gasteiger partial charge in [-0.15, -0.1) is 0 Å². The summed E-state index contributed by atoms with van der Waals surface area (Å²) >= 11 is 0. The fourth-order valence-electron chi connectivity index (χ4n) is 5.99. The minimum atomic E-state index is -1.07. The second kappa shape index (κ2) is 13.3. The predicted molar refractivity (Wildman–Crippen MR) is 168 cm³/mol. The molecule has 1 fully saturated rings. The molecule has 0 radical (unpaired) electrons. The molecule has 2 aromatic heterocycles. The number of aromatic amines is 2. The summed E-state index contributed by atoms with van der Waals surface area (Å²) < 4.78 is 0. The third-order valence-electron chi connectivity index (χ3n) is 8.83. The molecule has 232 valence electrons. The van der Waals surface area contributed by atoms with Crippen LogP contribution in [0.4, 0.5) is 0 Å². The van der Waals surface area contributed by atoms with Gasteiger partial charge in [0, 0.05) is 53.6 Å². The lowest BCUT2D eigenvalue weighted by molar-refractivity contribution is -0.149. The molecule has 5 unspecified atom stereocenters. The van der Waals surface area contributed by atoms with Gasteiger partial charge in [-0.1, -0.05) is 56.7 Å². The fraction of sp³-hybridized carbons (Fsp3) is 0.394. The molecule has 0 bridgehead atoms. The van der Waals surface area contributed by atoms with Crippen LogP contribution in [-0.2, 0) is 32.0 Å². The van der Waals surface area contributed by atoms with Gasteiger partial charge < -0.3 is 36.3 Å². The number of aliphatic carboxylic acids is 1. The lowest BCUT2D eigenvalue weighted by Crippen LogP contribution is -2.58. The van der Waals surface area contributed by atoms with Gasteiger partial charge in [0.2, 0.25) is 17.7 Å². The van der Waals surface area contributed by atoms with E-state index in [0.29, 0.717) is 19.3 Å². The Bertz CT molecular complexity index is 1660. The summed E-state index contributed by atoms with van der Waals surface area (Å²) in [6.45, 7) is 4.11. The summed E-state index contributed by atoms with van der Waals surface area (Å²) in [7, 11) is 0. The summed E-state index contributed by atoms with van der Waals surface area (Å²) in [5, 5.41) is 17.3. The zero-order chi connectivity index (χ0) is 31.4. The Morgan fingerprint density at radius 3 is 2.02 bits per heavy atom. The number of aromatic nitrogens is 2. The summed E-state index contributed by atoms with van der Waals surface area (Å²) in [5.41, 5.74) is 9.64. The lowest BCUT2D eigenvalue weighted by Gasteiger charge is -2.29. The highest BCUT2D eigenvalue weighted by Gasteiger charge is 2.39. The number of para-hydroxylation sites is 2. The van der Waals surface area contributed by atoms with Crippen LogP contribution in [0.2, 0.25) is 0 Å². The zero-order valence-corrected chi connectivity index (χ0v) is 25.0. The maximum absolute atomic E-state index is 14.1. The van der Waals surface area contributed by atoms with E-state index in [9.17, 15) is 24.3 Å². The highest BCUT2D eigenvalue weighted by molar-refractivity contribution is 5.96. The van der Waals surface area contributed by atoms with Crippen molar-refractivity contribution >= 4 is 45.5 Å². The van der Waals surface area contributed by atoms with Crippen LogP contribution in [0.25, 0.3) is 21.8 Å². The number of carbonyl (C=O) groups is 4. The second-order valence-corrected chi connectivity index (χ2v) is 11.7. The SMILES string of the molecule is CCC(C)C(N)C(=O)NC(Cc1c[nH]c2ccccc12)C(=O)NC(Cc1c[nH]c2ccccc12)C(=O)N1CCCC1C(=O)O. The number of amides is 3. The molecule has 1 aliphatic heterocycles. The standard InChI is InChI=1S/C33H40N6O5/c1-3-19(2)29(34)31(41)37-26(15-20-17-35-24-11-6-4-9-22(20)24)30(40)38-27(32(42)39-14-8-13-28(39)33(43)44)16-21-18-36-25-12-7-5-10-23(21)25/h4-7,9-12,17-19,26-29,35-36H,3,8,13-16,34H2,1-2H3,(H,37,41)(H,38,40)(H,43,44). The molecule has 11 heteroatoms. The maximum Gasteiger partial charge on any atom is 0.326 e. The third-order valence-corrected chi connectivity index (χ3v) is 8.83. The lowest BCUT2D eigenvalue weighted by atomic mass is 9.97. The van der Waals surface area contributed by atoms with E-state index in [4.69, 9.17) is 5.73 Å². The van der Waals surface area contributed by atoms with Gasteiger partial charge >= 0.3 is 5.97 Å². The molecule has 2 aromatic carbocycles. The molecule has 1 aliphatic rings. The largest absolute Gasteiger partial charge is 0.480 e. The van der Waals surface area contributed by atoms with Gasteiger partial charge in [-0.25, -0.2) is 4.79 Å². The van der Waals surface area contributed by atoms with Crippen LogP contribution < -0.4 is 16.4 Å². The van der Waals surface area contributed by atoms with Crippen molar-refractivity contribution in [3.8, 4) is 0 Å². The van der Waals surface area contributed by atoms with E-state index in [1.54, 1.807) is 6.20 Å². The van der Waals surface area contributed by atoms with Gasteiger partial charge in [-0.05, 0) is 42.0 Å². The average Bonchev–Trinajstić information content (AvgIpc) is 3.78. The number of fused-ring (bicyclic) bond motifs is 2. The molecular weight excluding hydrogens is 560 g/mol. The highest BCUT2D eigenvalue weighted by atomic mass is 16.4. The van der Waals surface area contributed by atoms with Crippen molar-refractivity contribution in [2.75, 3.05) is 6.54 Å². The minimum absolute atomic E-state index is 0.105. The number of hydrogen-bond acceptors (Lipinski definition) is 5. The van der Waals surface area contributed by atoms with Crippen molar-refractivity contribution < 1.29 is 24.3 Å². The Labute approximate surface area is 255 Å². The highest BCUT2D eigenvalue weighted by Crippen LogP contribution is 2.24. The van der Waals surface area contributed by atoms with Crippen molar-refractivity contribution in [3.63, 3.8) is 0 Å². The fourth-order valence-corrected chi connectivity index (χ4v) is 5.99. The number of nitrogens with one attached hydrogen (secondary N) is 4. The Morgan fingerprint density at radius 1 is 0.909 bits per heavy atom. The van der Waals surface area contributed by atoms with Crippen LogP contribution in [-0.4, -0.2) is 74.4 Å². The third kappa shape index (κ3) is 6.47. The first-order valence-corrected chi connectivity index (χ1v) is 15.2. The first-order valence-electron chi connectivity index (χ1n) is 15.2. The van der Waals surface area contributed by atoms with Crippen molar-refractivity contribution in [1.82, 2.24) is 25.5 Å². The van der Waals surface area contributed by atoms with Gasteiger partial charge in [-0.3, -0.25) is 14.4 Å². The Hall–Kier alpha value is -4.64. The molecular formula is C33H40N6O5. The van der Waals surface area contributed by atoms with Crippen LogP contribution in [0, 0.1) is 5.92 Å². The zero-order valence-electron chi connectivity index (χ0n) is 25.0. The number of nitrogens with two attached hydrogens (primary N) is 1. The van der Waals surface area contributed by atoms with E-state index in [1.807, 2.05) is 68.6 Å². The van der Waals surface area contributed by atoms with E-state index < -0.39 is 47.9 Å². The molecule has 3 heterocycles. The Morgan fingerprint density at radius 2 is 1.45 bits per heavy atom. The normalized spacial score (nSPS) is 17.7. The van der Waals surface area contributed by atoms with Crippen LogP contribution in [0.5, 0.6) is 0 Å². The summed E-state index contributed by atoms with van der Waals surface area (Å²) in [5.74, 6) is -2.65. The van der Waals surface area contributed by atoms with Gasteiger partial charge in [0.1, 0.15) is 18.1 Å². The minimum Gasteiger partial charge on any atom is -0.480 e. The van der Waals surface area contributed by atoms with Crippen molar-refractivity contribution in [3.05, 3.63) is 72.1 Å². The Kier molecular flexibility index (Phi) is 9.34. The van der Waals surface area contributed by atoms with E-state index in [0.717, 1.165) is 32.9 Å². The molecule has 3 amide bonds. The Balaban J connectivity index is 1.46. The summed E-state index contributed by atoms with van der Waals surface area (Å²) in [6, 6.07) is 11.4. The number of rotatable bonds is 12. The van der Waals surface area contributed by atoms with Crippen molar-refractivity contribution in [2.24, 2.45) is 11.7 Å². The molecule has 0 saturated carbocycles. The number of carboxylic acid groups (broad SMARTS) is 1. The molecule has 4 aromatic rings. The number of H-pyrrole nitrogens is 2. The van der Waals surface area contributed by atoms with Gasteiger partial charge in [-0.2, -0.15) is 0 Å². The smallest absolute Gasteiger partial charge is 0.326 e. The molecule has 44 heavy (non-hydrogen) atoms. The van der Waals surface area contributed by atoms with E-state index >= 15 is 0 Å². The maximum atomic E-state index is 14.1. The first kappa shape index (κ1) is 30.8. The predicted octanol–water partition coefficient (Wildman–Crippen LogP) is 2.85. The second-order valence-electron chi connectivity index (χ2n) is 11.7. The molecule has 11 nitrogen and oxygen atoms in total. The van der Waals surface area contributed by atoms with Crippen LogP contribution in [0.1, 0.15) is 44.2 Å². The van der Waals surface area contributed by atoms with Gasteiger partial charge in [0.25, 0.3) is 0 Å². The van der Waals surface area contributed by atoms with Crippen LogP contribution >= 0.6 is 0 Å². The topological polar surface area (TPSA) is 173 Å². The molecule has 0 aliphatic carbocycles.